The van der Waals surface area contributed by atoms with Crippen molar-refractivity contribution in [1.29, 1.82) is 0 Å². The lowest BCUT2D eigenvalue weighted by Gasteiger charge is -2.51. The Labute approximate surface area is 197 Å². The molecule has 32 heavy (non-hydrogen) atoms. The molecule has 2 aromatic rings. The number of piperidine rings is 4. The molecule has 4 atom stereocenters. The fourth-order valence-corrected chi connectivity index (χ4v) is 5.95. The Balaban J connectivity index is 1.07. The lowest BCUT2D eigenvalue weighted by molar-refractivity contribution is -0.0138. The van der Waals surface area contributed by atoms with Crippen molar-refractivity contribution in [2.75, 3.05) is 44.6 Å². The monoisotopic (exact) mass is 452 g/mol. The molecule has 0 radical (unpaired) electrons. The fraction of sp³-hybridized carbons (Fsp3) is 0.600. The van der Waals surface area contributed by atoms with Gasteiger partial charge in [-0.2, -0.15) is 5.10 Å². The lowest BCUT2D eigenvalue weighted by Crippen LogP contribution is -2.58. The van der Waals surface area contributed by atoms with Crippen LogP contribution in [0.2, 0.25) is 0 Å². The number of anilines is 1. The zero-order chi connectivity index (χ0) is 21.9. The molecule has 0 aliphatic carbocycles. The third kappa shape index (κ3) is 5.16. The minimum atomic E-state index is 0.605. The molecule has 4 fully saturated rings. The van der Waals surface area contributed by atoms with Gasteiger partial charge in [-0.15, -0.1) is 0 Å². The van der Waals surface area contributed by atoms with Gasteiger partial charge in [0.1, 0.15) is 0 Å². The van der Waals surface area contributed by atoms with E-state index < -0.39 is 0 Å². The van der Waals surface area contributed by atoms with Gasteiger partial charge in [-0.05, 0) is 106 Å². The average molecular weight is 453 g/mol. The normalized spacial score (nSPS) is 28.5. The molecule has 6 nitrogen and oxygen atoms in total. The summed E-state index contributed by atoms with van der Waals surface area (Å²) >= 11 is 5.58. The fourth-order valence-electron chi connectivity index (χ4n) is 5.75. The molecule has 7 heteroatoms. The van der Waals surface area contributed by atoms with Crippen molar-refractivity contribution in [3.63, 3.8) is 0 Å². The van der Waals surface area contributed by atoms with Crippen LogP contribution >= 0.6 is 12.2 Å². The van der Waals surface area contributed by atoms with Gasteiger partial charge in [-0.3, -0.25) is 4.90 Å². The zero-order valence-corrected chi connectivity index (χ0v) is 19.9. The van der Waals surface area contributed by atoms with Crippen molar-refractivity contribution >= 4 is 23.0 Å². The minimum absolute atomic E-state index is 0.605. The summed E-state index contributed by atoms with van der Waals surface area (Å²) in [6, 6.07) is 10.7. The molecule has 4 saturated heterocycles. The molecule has 1 unspecified atom stereocenters. The number of benzene rings is 1. The van der Waals surface area contributed by atoms with E-state index in [1.807, 2.05) is 41.2 Å². The first-order valence-corrected chi connectivity index (χ1v) is 12.7. The predicted octanol–water partition coefficient (Wildman–Crippen LogP) is 3.60. The summed E-state index contributed by atoms with van der Waals surface area (Å²) < 4.78 is 1.85. The molecule has 0 saturated carbocycles. The topological polar surface area (TPSA) is 48.4 Å². The van der Waals surface area contributed by atoms with E-state index in [1.54, 1.807) is 6.20 Å². The summed E-state index contributed by atoms with van der Waals surface area (Å²) in [5.74, 6) is 2.65. The van der Waals surface area contributed by atoms with Gasteiger partial charge < -0.3 is 15.5 Å². The number of fused-ring (bicyclic) bond motifs is 3. The molecule has 2 N–H and O–H groups in total. The number of thiocarbonyl (C=S) groups is 1. The van der Waals surface area contributed by atoms with E-state index in [0.717, 1.165) is 35.7 Å². The van der Waals surface area contributed by atoms with Crippen molar-refractivity contribution in [2.45, 2.75) is 38.6 Å². The molecule has 1 aromatic carbocycles. The molecule has 172 valence electrons. The van der Waals surface area contributed by atoms with E-state index >= 15 is 0 Å². The Morgan fingerprint density at radius 2 is 1.94 bits per heavy atom. The minimum Gasteiger partial charge on any atom is -0.361 e. The molecule has 4 aliphatic heterocycles. The summed E-state index contributed by atoms with van der Waals surface area (Å²) in [5, 5.41) is 11.8. The summed E-state index contributed by atoms with van der Waals surface area (Å²) in [6.07, 6.45) is 9.17. The van der Waals surface area contributed by atoms with Gasteiger partial charge in [0.2, 0.25) is 0 Å². The number of rotatable bonds is 6. The van der Waals surface area contributed by atoms with Crippen molar-refractivity contribution < 1.29 is 0 Å². The molecule has 0 amide bonds. The summed E-state index contributed by atoms with van der Waals surface area (Å²) in [6.45, 7) is 9.76. The molecule has 4 aliphatic rings. The van der Waals surface area contributed by atoms with E-state index in [2.05, 4.69) is 32.5 Å². The van der Waals surface area contributed by atoms with Crippen LogP contribution in [0.4, 0.5) is 5.69 Å². The van der Waals surface area contributed by atoms with Crippen LogP contribution in [-0.4, -0.2) is 70.0 Å². The van der Waals surface area contributed by atoms with Crippen LogP contribution in [0.5, 0.6) is 0 Å². The Bertz CT molecular complexity index is 874. The van der Waals surface area contributed by atoms with Gasteiger partial charge in [0, 0.05) is 43.8 Å². The Morgan fingerprint density at radius 1 is 1.12 bits per heavy atom. The highest BCUT2D eigenvalue weighted by Crippen LogP contribution is 2.37. The summed E-state index contributed by atoms with van der Waals surface area (Å²) in [7, 11) is 0. The summed E-state index contributed by atoms with van der Waals surface area (Å²) in [4.78, 5) is 5.45. The van der Waals surface area contributed by atoms with Crippen LogP contribution in [0, 0.1) is 17.8 Å². The van der Waals surface area contributed by atoms with Gasteiger partial charge >= 0.3 is 0 Å². The second kappa shape index (κ2) is 9.89. The van der Waals surface area contributed by atoms with Gasteiger partial charge in [-0.25, -0.2) is 4.68 Å². The quantitative estimate of drug-likeness (QED) is 0.653. The highest BCUT2D eigenvalue weighted by molar-refractivity contribution is 7.80. The van der Waals surface area contributed by atoms with Crippen molar-refractivity contribution in [2.24, 2.45) is 17.8 Å². The predicted molar refractivity (Wildman–Crippen MR) is 134 cm³/mol. The van der Waals surface area contributed by atoms with E-state index in [9.17, 15) is 0 Å². The molecule has 6 rings (SSSR count). The van der Waals surface area contributed by atoms with Gasteiger partial charge in [0.25, 0.3) is 0 Å². The highest BCUT2D eigenvalue weighted by Gasteiger charge is 2.40. The van der Waals surface area contributed by atoms with Gasteiger partial charge in [0.15, 0.2) is 5.11 Å². The number of aromatic nitrogens is 2. The van der Waals surface area contributed by atoms with Crippen LogP contribution < -0.4 is 10.6 Å². The number of hydrogen-bond donors (Lipinski definition) is 2. The number of likely N-dealkylation sites (tertiary alicyclic amines) is 1. The smallest absolute Gasteiger partial charge is 0.170 e. The van der Waals surface area contributed by atoms with Gasteiger partial charge in [0.05, 0.1) is 5.69 Å². The maximum absolute atomic E-state index is 5.58. The second-order valence-corrected chi connectivity index (χ2v) is 10.4. The number of hydrogen-bond acceptors (Lipinski definition) is 4. The Morgan fingerprint density at radius 3 is 2.62 bits per heavy atom. The van der Waals surface area contributed by atoms with Crippen LogP contribution in [-0.2, 0) is 0 Å². The van der Waals surface area contributed by atoms with Crippen molar-refractivity contribution in [1.82, 2.24) is 24.9 Å². The molecule has 1 aromatic heterocycles. The van der Waals surface area contributed by atoms with Crippen LogP contribution in [0.3, 0.4) is 0 Å². The number of nitrogens with one attached hydrogen (secondary N) is 2. The van der Waals surface area contributed by atoms with E-state index in [-0.39, 0.29) is 0 Å². The third-order valence-corrected chi connectivity index (χ3v) is 8.02. The summed E-state index contributed by atoms with van der Waals surface area (Å²) in [5.41, 5.74) is 2.04. The van der Waals surface area contributed by atoms with Crippen LogP contribution in [0.25, 0.3) is 5.69 Å². The van der Waals surface area contributed by atoms with E-state index in [0.29, 0.717) is 11.2 Å². The molecule has 0 spiro atoms. The standard InChI is InChI=1S/C25H36N6S/c1-19-7-12-29(13-8-19)17-21-18-30-14-9-20(21)15-24(30)16-26-25(32)28-22-3-5-23(6-4-22)31-11-2-10-27-31/h2-6,10-11,19-21,24H,7-9,12-18H2,1H3,(H2,26,28,32)/t20-,21+,24+/m0/s1. The molecule has 5 heterocycles. The number of nitrogens with zero attached hydrogens (tertiary/aromatic N) is 4. The first-order valence-electron chi connectivity index (χ1n) is 12.3. The Hall–Kier alpha value is -1.96. The second-order valence-electron chi connectivity index (χ2n) is 10.0. The first kappa shape index (κ1) is 21.9. The average Bonchev–Trinajstić information content (AvgIpc) is 3.35. The SMILES string of the molecule is CC1CCN(C[C@@H]2CN3CC[C@H]2C[C@@H]3CNC(=S)Nc2ccc(-n3cccn3)cc2)CC1. The first-order chi connectivity index (χ1) is 15.6. The van der Waals surface area contributed by atoms with E-state index in [4.69, 9.17) is 12.2 Å². The van der Waals surface area contributed by atoms with Crippen molar-refractivity contribution in [3.05, 3.63) is 42.7 Å². The molecular formula is C25H36N6S. The maximum atomic E-state index is 5.58. The van der Waals surface area contributed by atoms with E-state index in [1.165, 1.54) is 58.4 Å². The molecular weight excluding hydrogens is 416 g/mol. The van der Waals surface area contributed by atoms with Crippen molar-refractivity contribution in [3.8, 4) is 5.69 Å². The van der Waals surface area contributed by atoms with Gasteiger partial charge in [-0.1, -0.05) is 6.92 Å². The van der Waals surface area contributed by atoms with Crippen LogP contribution in [0.15, 0.2) is 42.7 Å². The zero-order valence-electron chi connectivity index (χ0n) is 19.1. The largest absolute Gasteiger partial charge is 0.361 e. The molecule has 2 bridgehead atoms. The van der Waals surface area contributed by atoms with Crippen LogP contribution in [0.1, 0.15) is 32.6 Å². The third-order valence-electron chi connectivity index (χ3n) is 7.78. The lowest BCUT2D eigenvalue weighted by atomic mass is 9.75. The highest BCUT2D eigenvalue weighted by atomic mass is 32.1. The Kier molecular flexibility index (Phi) is 6.76. The maximum Gasteiger partial charge on any atom is 0.170 e.